The van der Waals surface area contributed by atoms with Crippen LogP contribution in [0.1, 0.15) is 4.79 Å². The molecule has 0 radical (unpaired) electrons. The Balaban J connectivity index is 2.50. The second-order valence-electron chi connectivity index (χ2n) is 3.10. The number of carbonyl (C=O) groups excluding carboxylic acids is 1. The Morgan fingerprint density at radius 1 is 1.07 bits per heavy atom. The fraction of sp³-hybridized carbons (Fsp3) is 0.100. The van der Waals surface area contributed by atoms with E-state index in [2.05, 4.69) is 0 Å². The van der Waals surface area contributed by atoms with Gasteiger partial charge in [-0.1, -0.05) is 24.3 Å². The molecule has 0 aliphatic heterocycles. The lowest BCUT2D eigenvalue weighted by atomic mass is 10.2. The summed E-state index contributed by atoms with van der Waals surface area (Å²) in [6.07, 6.45) is -2.49. The van der Waals surface area contributed by atoms with Crippen molar-refractivity contribution in [2.75, 3.05) is 0 Å². The van der Waals surface area contributed by atoms with Crippen LogP contribution in [0.25, 0.3) is 10.8 Å². The second-order valence-corrected chi connectivity index (χ2v) is 3.10. The molecule has 0 N–H and O–H groups in total. The topological polar surface area (TPSA) is 22.0 Å². The standard InChI is InChI=1S/C10H6F3NO/c11-10(12,13)9(15)14-5-7-3-1-2-4-8(7)6-14/h1-6H. The van der Waals surface area contributed by atoms with E-state index in [-0.39, 0.29) is 0 Å². The summed E-state index contributed by atoms with van der Waals surface area (Å²) < 4.78 is 36.8. The molecule has 0 unspecified atom stereocenters. The zero-order valence-corrected chi connectivity index (χ0v) is 7.45. The second kappa shape index (κ2) is 3.12. The molecule has 5 heteroatoms. The molecule has 2 rings (SSSR count). The van der Waals surface area contributed by atoms with E-state index in [1.807, 2.05) is 0 Å². The average Bonchev–Trinajstić information content (AvgIpc) is 2.58. The van der Waals surface area contributed by atoms with Crippen LogP contribution in [-0.2, 0) is 0 Å². The monoisotopic (exact) mass is 213 g/mol. The van der Waals surface area contributed by atoms with Crippen LogP contribution in [0.3, 0.4) is 0 Å². The van der Waals surface area contributed by atoms with Gasteiger partial charge in [0.1, 0.15) is 0 Å². The fourth-order valence-corrected chi connectivity index (χ4v) is 1.35. The van der Waals surface area contributed by atoms with Gasteiger partial charge in [-0.05, 0) is 10.8 Å². The highest BCUT2D eigenvalue weighted by atomic mass is 19.4. The minimum Gasteiger partial charge on any atom is -0.286 e. The number of aromatic nitrogens is 1. The highest BCUT2D eigenvalue weighted by molar-refractivity contribution is 5.91. The minimum atomic E-state index is -4.84. The third-order valence-electron chi connectivity index (χ3n) is 2.03. The van der Waals surface area contributed by atoms with Gasteiger partial charge in [0.2, 0.25) is 0 Å². The van der Waals surface area contributed by atoms with Crippen molar-refractivity contribution < 1.29 is 18.0 Å². The van der Waals surface area contributed by atoms with Gasteiger partial charge in [0.25, 0.3) is 0 Å². The van der Waals surface area contributed by atoms with Crippen LogP contribution in [0.15, 0.2) is 36.7 Å². The first-order chi connectivity index (χ1) is 6.98. The van der Waals surface area contributed by atoms with Crippen LogP contribution in [0.2, 0.25) is 0 Å². The van der Waals surface area contributed by atoms with Crippen molar-refractivity contribution in [2.45, 2.75) is 6.18 Å². The van der Waals surface area contributed by atoms with Gasteiger partial charge in [0, 0.05) is 12.4 Å². The lowest BCUT2D eigenvalue weighted by Gasteiger charge is -2.04. The van der Waals surface area contributed by atoms with Crippen LogP contribution in [0, 0.1) is 0 Å². The maximum Gasteiger partial charge on any atom is 0.472 e. The smallest absolute Gasteiger partial charge is 0.286 e. The summed E-state index contributed by atoms with van der Waals surface area (Å²) >= 11 is 0. The first-order valence-corrected chi connectivity index (χ1v) is 4.17. The van der Waals surface area contributed by atoms with E-state index in [1.54, 1.807) is 24.3 Å². The third kappa shape index (κ3) is 1.72. The molecule has 0 aliphatic rings. The van der Waals surface area contributed by atoms with Gasteiger partial charge in [0.05, 0.1) is 0 Å². The van der Waals surface area contributed by atoms with E-state index in [1.165, 1.54) is 12.4 Å². The van der Waals surface area contributed by atoms with Crippen LogP contribution < -0.4 is 0 Å². The van der Waals surface area contributed by atoms with Gasteiger partial charge in [-0.15, -0.1) is 0 Å². The van der Waals surface area contributed by atoms with Gasteiger partial charge in [-0.25, -0.2) is 0 Å². The van der Waals surface area contributed by atoms with Crippen molar-refractivity contribution in [3.63, 3.8) is 0 Å². The minimum absolute atomic E-state index is 0.560. The molecule has 78 valence electrons. The van der Waals surface area contributed by atoms with Crippen molar-refractivity contribution in [2.24, 2.45) is 0 Å². The summed E-state index contributed by atoms with van der Waals surface area (Å²) in [5.41, 5.74) is 0. The molecule has 0 bridgehead atoms. The van der Waals surface area contributed by atoms with E-state index in [0.29, 0.717) is 15.3 Å². The number of hydrogen-bond acceptors (Lipinski definition) is 1. The van der Waals surface area contributed by atoms with E-state index in [0.717, 1.165) is 0 Å². The number of benzene rings is 1. The molecule has 0 amide bonds. The van der Waals surface area contributed by atoms with E-state index >= 15 is 0 Å². The highest BCUT2D eigenvalue weighted by Gasteiger charge is 2.39. The molecular weight excluding hydrogens is 207 g/mol. The maximum atomic E-state index is 12.1. The Hall–Kier alpha value is -1.78. The summed E-state index contributed by atoms with van der Waals surface area (Å²) in [6.45, 7) is 0. The molecule has 0 atom stereocenters. The number of alkyl halides is 3. The Morgan fingerprint density at radius 2 is 1.53 bits per heavy atom. The number of carbonyl (C=O) groups is 1. The molecule has 1 heterocycles. The maximum absolute atomic E-state index is 12.1. The quantitative estimate of drug-likeness (QED) is 0.659. The van der Waals surface area contributed by atoms with Crippen LogP contribution in [-0.4, -0.2) is 16.7 Å². The van der Waals surface area contributed by atoms with Gasteiger partial charge < -0.3 is 0 Å². The molecule has 2 aromatic rings. The van der Waals surface area contributed by atoms with Gasteiger partial charge in [-0.3, -0.25) is 9.36 Å². The van der Waals surface area contributed by atoms with Crippen molar-refractivity contribution in [3.05, 3.63) is 36.7 Å². The molecule has 2 nitrogen and oxygen atoms in total. The van der Waals surface area contributed by atoms with Crippen LogP contribution in [0.4, 0.5) is 13.2 Å². The summed E-state index contributed by atoms with van der Waals surface area (Å²) in [5.74, 6) is -1.88. The number of fused-ring (bicyclic) bond motifs is 1. The summed E-state index contributed by atoms with van der Waals surface area (Å²) in [7, 11) is 0. The molecule has 15 heavy (non-hydrogen) atoms. The normalized spacial score (nSPS) is 11.9. The average molecular weight is 213 g/mol. The summed E-state index contributed by atoms with van der Waals surface area (Å²) in [5, 5.41) is 1.21. The SMILES string of the molecule is O=C(n1cc2ccccc2c1)C(F)(F)F. The predicted molar refractivity (Wildman–Crippen MR) is 48.6 cm³/mol. The molecule has 0 saturated carbocycles. The molecule has 0 saturated heterocycles. The van der Waals surface area contributed by atoms with Crippen molar-refractivity contribution >= 4 is 16.7 Å². The number of hydrogen-bond donors (Lipinski definition) is 0. The van der Waals surface area contributed by atoms with Crippen molar-refractivity contribution in [3.8, 4) is 0 Å². The van der Waals surface area contributed by atoms with Gasteiger partial charge in [-0.2, -0.15) is 13.2 Å². The Kier molecular flexibility index (Phi) is 2.03. The highest BCUT2D eigenvalue weighted by Crippen LogP contribution is 2.21. The molecule has 0 aliphatic carbocycles. The van der Waals surface area contributed by atoms with Crippen LogP contribution >= 0.6 is 0 Å². The zero-order chi connectivity index (χ0) is 11.1. The number of halogens is 3. The molecule has 0 spiro atoms. The first kappa shape index (κ1) is 9.76. The van der Waals surface area contributed by atoms with Gasteiger partial charge >= 0.3 is 12.1 Å². The molecule has 1 aromatic heterocycles. The lowest BCUT2D eigenvalue weighted by molar-refractivity contribution is -0.0945. The third-order valence-corrected chi connectivity index (χ3v) is 2.03. The van der Waals surface area contributed by atoms with E-state index < -0.39 is 12.1 Å². The first-order valence-electron chi connectivity index (χ1n) is 4.17. The molecule has 1 aromatic carbocycles. The number of nitrogens with zero attached hydrogens (tertiary/aromatic N) is 1. The van der Waals surface area contributed by atoms with Crippen molar-refractivity contribution in [1.82, 2.24) is 4.57 Å². The number of rotatable bonds is 0. The Morgan fingerprint density at radius 3 is 1.93 bits per heavy atom. The zero-order valence-electron chi connectivity index (χ0n) is 7.45. The van der Waals surface area contributed by atoms with Crippen LogP contribution in [0.5, 0.6) is 0 Å². The lowest BCUT2D eigenvalue weighted by Crippen LogP contribution is -2.27. The summed E-state index contributed by atoms with van der Waals surface area (Å²) in [6, 6.07) is 6.69. The largest absolute Gasteiger partial charge is 0.472 e. The van der Waals surface area contributed by atoms with E-state index in [9.17, 15) is 18.0 Å². The Labute approximate surface area is 82.9 Å². The van der Waals surface area contributed by atoms with Crippen molar-refractivity contribution in [1.29, 1.82) is 0 Å². The molecule has 0 fully saturated rings. The molecular formula is C10H6F3NO. The van der Waals surface area contributed by atoms with Gasteiger partial charge in [0.15, 0.2) is 0 Å². The van der Waals surface area contributed by atoms with E-state index in [4.69, 9.17) is 0 Å². The predicted octanol–water partition coefficient (Wildman–Crippen LogP) is 2.84. The fourth-order valence-electron chi connectivity index (χ4n) is 1.35. The Bertz CT molecular complexity index is 480. The summed E-state index contributed by atoms with van der Waals surface area (Å²) in [4.78, 5) is 10.9.